The van der Waals surface area contributed by atoms with Crippen LogP contribution in [-0.4, -0.2) is 53.9 Å². The second-order valence-corrected chi connectivity index (χ2v) is 10.2. The first-order chi connectivity index (χ1) is 17.0. The number of nitrogen functional groups attached to an aromatic ring is 1. The van der Waals surface area contributed by atoms with Crippen molar-refractivity contribution in [2.24, 2.45) is 0 Å². The highest BCUT2D eigenvalue weighted by molar-refractivity contribution is 7.15. The van der Waals surface area contributed by atoms with Gasteiger partial charge in [-0.25, -0.2) is 9.97 Å². The number of aryl methyl sites for hydroxylation is 1. The number of aromatic nitrogens is 5. The molecule has 6 rings (SSSR count). The Kier molecular flexibility index (Phi) is 5.21. The number of nitrogens with one attached hydrogen (secondary N) is 1. The molecule has 178 valence electrons. The van der Waals surface area contributed by atoms with Crippen molar-refractivity contribution in [3.63, 3.8) is 0 Å². The van der Waals surface area contributed by atoms with Crippen molar-refractivity contribution in [2.45, 2.75) is 44.6 Å². The summed E-state index contributed by atoms with van der Waals surface area (Å²) in [5, 5.41) is 11.9. The summed E-state index contributed by atoms with van der Waals surface area (Å²) < 4.78 is 2.00. The molecule has 35 heavy (non-hydrogen) atoms. The van der Waals surface area contributed by atoms with E-state index >= 15 is 0 Å². The molecule has 2 unspecified atom stereocenters. The van der Waals surface area contributed by atoms with Crippen molar-refractivity contribution in [1.82, 2.24) is 29.5 Å². The first kappa shape index (κ1) is 21.7. The summed E-state index contributed by atoms with van der Waals surface area (Å²) in [4.78, 5) is 36.3. The van der Waals surface area contributed by atoms with Crippen LogP contribution in [0.1, 0.15) is 52.8 Å². The average Bonchev–Trinajstić information content (AvgIpc) is 3.56. The van der Waals surface area contributed by atoms with E-state index in [-0.39, 0.29) is 17.7 Å². The Hall–Kier alpha value is -3.86. The number of nitrogens with zero attached hydrogens (tertiary/aromatic N) is 6. The van der Waals surface area contributed by atoms with Gasteiger partial charge in [0.05, 0.1) is 0 Å². The number of nitrogens with two attached hydrogens (primary N) is 1. The minimum Gasteiger partial charge on any atom is -0.382 e. The molecule has 0 saturated carbocycles. The number of carbonyl (C=O) groups is 2. The molecule has 10 nitrogen and oxygen atoms in total. The predicted molar refractivity (Wildman–Crippen MR) is 132 cm³/mol. The van der Waals surface area contributed by atoms with Crippen molar-refractivity contribution in [2.75, 3.05) is 17.6 Å². The number of fused-ring (bicyclic) bond motifs is 2. The zero-order valence-corrected chi connectivity index (χ0v) is 20.0. The molecule has 2 atom stereocenters. The molecule has 3 aromatic heterocycles. The van der Waals surface area contributed by atoms with E-state index in [2.05, 4.69) is 20.5 Å². The van der Waals surface area contributed by atoms with E-state index in [1.807, 2.05) is 34.6 Å². The lowest BCUT2D eigenvalue weighted by Gasteiger charge is -2.34. The summed E-state index contributed by atoms with van der Waals surface area (Å²) in [7, 11) is 0. The standard InChI is InChI=1S/C24H24N8O2S/c1-13-29-30-24(35-13)28-23(34)15-4-2-14(3-5-15)19-20-21(25)26-10-11-31(20)22(27-19)16-6-7-17-8-9-18(33)32(17)12-16/h2-5,10-11,16-17H,6-9,12H2,1H3,(H2,25,26)(H,28,30,34). The van der Waals surface area contributed by atoms with E-state index < -0.39 is 0 Å². The molecule has 2 fully saturated rings. The molecule has 2 aliphatic heterocycles. The number of hydrogen-bond acceptors (Lipinski definition) is 8. The highest BCUT2D eigenvalue weighted by Crippen LogP contribution is 2.38. The van der Waals surface area contributed by atoms with Gasteiger partial charge in [-0.2, -0.15) is 0 Å². The quantitative estimate of drug-likeness (QED) is 0.451. The number of benzene rings is 1. The normalized spacial score (nSPS) is 19.8. The summed E-state index contributed by atoms with van der Waals surface area (Å²) in [5.41, 5.74) is 9.09. The average molecular weight is 489 g/mol. The Morgan fingerprint density at radius 2 is 2.00 bits per heavy atom. The minimum atomic E-state index is -0.253. The van der Waals surface area contributed by atoms with Crippen LogP contribution in [0, 0.1) is 6.92 Å². The first-order valence-corrected chi connectivity index (χ1v) is 12.4. The fourth-order valence-electron chi connectivity index (χ4n) is 5.15. The lowest BCUT2D eigenvalue weighted by atomic mass is 9.92. The molecule has 2 aliphatic rings. The monoisotopic (exact) mass is 488 g/mol. The van der Waals surface area contributed by atoms with Gasteiger partial charge in [-0.05, 0) is 38.3 Å². The summed E-state index contributed by atoms with van der Waals surface area (Å²) in [5.74, 6) is 1.38. The minimum absolute atomic E-state index is 0.122. The Labute approximate surface area is 205 Å². The lowest BCUT2D eigenvalue weighted by Crippen LogP contribution is -2.41. The molecular formula is C24H24N8O2S. The highest BCUT2D eigenvalue weighted by Gasteiger charge is 2.38. The highest BCUT2D eigenvalue weighted by atomic mass is 32.1. The fourth-order valence-corrected chi connectivity index (χ4v) is 5.74. The number of anilines is 2. The van der Waals surface area contributed by atoms with Crippen LogP contribution in [0.15, 0.2) is 36.7 Å². The van der Waals surface area contributed by atoms with E-state index in [9.17, 15) is 9.59 Å². The van der Waals surface area contributed by atoms with Crippen LogP contribution in [0.5, 0.6) is 0 Å². The zero-order chi connectivity index (χ0) is 24.1. The maximum atomic E-state index is 12.6. The number of rotatable bonds is 4. The fraction of sp³-hybridized carbons (Fsp3) is 0.333. The smallest absolute Gasteiger partial charge is 0.257 e. The molecule has 2 saturated heterocycles. The maximum Gasteiger partial charge on any atom is 0.257 e. The van der Waals surface area contributed by atoms with Gasteiger partial charge in [0.25, 0.3) is 5.91 Å². The van der Waals surface area contributed by atoms with Crippen LogP contribution < -0.4 is 11.1 Å². The van der Waals surface area contributed by atoms with Crippen molar-refractivity contribution in [1.29, 1.82) is 0 Å². The molecule has 0 spiro atoms. The zero-order valence-electron chi connectivity index (χ0n) is 19.1. The molecule has 2 amide bonds. The number of hydrogen-bond donors (Lipinski definition) is 2. The molecule has 0 radical (unpaired) electrons. The van der Waals surface area contributed by atoms with Gasteiger partial charge in [0, 0.05) is 48.4 Å². The number of imidazole rings is 1. The lowest BCUT2D eigenvalue weighted by molar-refractivity contribution is -0.130. The van der Waals surface area contributed by atoms with Crippen LogP contribution >= 0.6 is 11.3 Å². The summed E-state index contributed by atoms with van der Waals surface area (Å²) >= 11 is 1.32. The van der Waals surface area contributed by atoms with Crippen molar-refractivity contribution < 1.29 is 9.59 Å². The van der Waals surface area contributed by atoms with Gasteiger partial charge in [-0.15, -0.1) is 10.2 Å². The van der Waals surface area contributed by atoms with Crippen LogP contribution in [-0.2, 0) is 4.79 Å². The predicted octanol–water partition coefficient (Wildman–Crippen LogP) is 3.26. The SMILES string of the molecule is Cc1nnc(NC(=O)c2ccc(-c3nc(C4CCC5CCC(=O)N5C4)n4ccnc(N)c34)cc2)s1. The second-order valence-electron chi connectivity index (χ2n) is 9.02. The topological polar surface area (TPSA) is 131 Å². The molecule has 0 bridgehead atoms. The maximum absolute atomic E-state index is 12.6. The first-order valence-electron chi connectivity index (χ1n) is 11.6. The van der Waals surface area contributed by atoms with E-state index in [0.29, 0.717) is 41.2 Å². The molecule has 1 aromatic carbocycles. The Bertz CT molecular complexity index is 1440. The Balaban J connectivity index is 1.32. The van der Waals surface area contributed by atoms with E-state index in [4.69, 9.17) is 10.7 Å². The summed E-state index contributed by atoms with van der Waals surface area (Å²) in [6.07, 6.45) is 7.10. The largest absolute Gasteiger partial charge is 0.382 e. The van der Waals surface area contributed by atoms with E-state index in [1.54, 1.807) is 18.3 Å². The molecule has 5 heterocycles. The third-order valence-corrected chi connectivity index (χ3v) is 7.61. The Morgan fingerprint density at radius 1 is 1.17 bits per heavy atom. The van der Waals surface area contributed by atoms with Crippen LogP contribution in [0.2, 0.25) is 0 Å². The molecule has 11 heteroatoms. The number of piperidine rings is 1. The number of amides is 2. The van der Waals surface area contributed by atoms with E-state index in [0.717, 1.165) is 41.2 Å². The van der Waals surface area contributed by atoms with Crippen LogP contribution in [0.4, 0.5) is 10.9 Å². The van der Waals surface area contributed by atoms with Gasteiger partial charge in [0.2, 0.25) is 11.0 Å². The summed E-state index contributed by atoms with van der Waals surface area (Å²) in [6.45, 7) is 2.51. The molecule has 0 aliphatic carbocycles. The third-order valence-electron chi connectivity index (χ3n) is 6.86. The van der Waals surface area contributed by atoms with E-state index in [1.165, 1.54) is 11.3 Å². The second kappa shape index (κ2) is 8.42. The van der Waals surface area contributed by atoms with Gasteiger partial charge in [0.1, 0.15) is 27.9 Å². The van der Waals surface area contributed by atoms with Gasteiger partial charge in [-0.3, -0.25) is 19.3 Å². The molecular weight excluding hydrogens is 464 g/mol. The van der Waals surface area contributed by atoms with Crippen molar-refractivity contribution >= 4 is 39.6 Å². The number of carbonyl (C=O) groups excluding carboxylic acids is 2. The van der Waals surface area contributed by atoms with Crippen molar-refractivity contribution in [3.05, 3.63) is 53.1 Å². The van der Waals surface area contributed by atoms with Gasteiger partial charge in [0.15, 0.2) is 0 Å². The van der Waals surface area contributed by atoms with Gasteiger partial charge >= 0.3 is 0 Å². The van der Waals surface area contributed by atoms with Crippen molar-refractivity contribution in [3.8, 4) is 11.3 Å². The van der Waals surface area contributed by atoms with Gasteiger partial charge in [-0.1, -0.05) is 23.5 Å². The Morgan fingerprint density at radius 3 is 2.77 bits per heavy atom. The van der Waals surface area contributed by atoms with Crippen LogP contribution in [0.3, 0.4) is 0 Å². The molecule has 3 N–H and O–H groups in total. The summed E-state index contributed by atoms with van der Waals surface area (Å²) in [6, 6.07) is 7.59. The third kappa shape index (κ3) is 3.81. The van der Waals surface area contributed by atoms with Gasteiger partial charge < -0.3 is 10.6 Å². The molecule has 4 aromatic rings. The van der Waals surface area contributed by atoms with Crippen LogP contribution in [0.25, 0.3) is 16.8 Å².